The second kappa shape index (κ2) is 9.43. The van der Waals surface area contributed by atoms with Crippen molar-refractivity contribution in [3.8, 4) is 6.07 Å². The van der Waals surface area contributed by atoms with E-state index in [0.29, 0.717) is 11.1 Å². The summed E-state index contributed by atoms with van der Waals surface area (Å²) < 4.78 is 10.4. The van der Waals surface area contributed by atoms with Gasteiger partial charge in [-0.1, -0.05) is 60.7 Å². The Morgan fingerprint density at radius 3 is 2.10 bits per heavy atom. The number of hydrogen-bond donors (Lipinski definition) is 2. The molecule has 158 valence electrons. The van der Waals surface area contributed by atoms with Crippen LogP contribution in [-0.2, 0) is 26.5 Å². The number of nitrogen functional groups attached to an aromatic ring is 1. The molecule has 2 aromatic carbocycles. The zero-order valence-corrected chi connectivity index (χ0v) is 17.5. The number of ether oxygens (including phenoxy) is 2. The number of nitrogens with zero attached hydrogens (tertiary/aromatic N) is 1. The smallest absolute Gasteiger partial charge is 0.348 e. The zero-order valence-electron chi connectivity index (χ0n) is 16.7. The fourth-order valence-electron chi connectivity index (χ4n) is 3.11. The van der Waals surface area contributed by atoms with Crippen LogP contribution in [0, 0.1) is 11.3 Å². The van der Waals surface area contributed by atoms with E-state index in [4.69, 9.17) is 15.2 Å². The molecule has 1 aromatic heterocycles. The molecule has 0 saturated heterocycles. The van der Waals surface area contributed by atoms with Crippen LogP contribution < -0.4 is 5.73 Å². The van der Waals surface area contributed by atoms with Crippen molar-refractivity contribution in [2.24, 2.45) is 0 Å². The second-order valence-electron chi connectivity index (χ2n) is 6.50. The number of carbonyl (C=O) groups excluding carboxylic acids is 2. The molecule has 0 aliphatic carbocycles. The van der Waals surface area contributed by atoms with Crippen molar-refractivity contribution in [3.63, 3.8) is 0 Å². The van der Waals surface area contributed by atoms with E-state index in [1.54, 1.807) is 67.6 Å². The lowest BCUT2D eigenvalue weighted by Crippen LogP contribution is -2.38. The Bertz CT molecular complexity index is 1080. The quantitative estimate of drug-likeness (QED) is 0.545. The van der Waals surface area contributed by atoms with Crippen LogP contribution in [-0.4, -0.2) is 23.7 Å². The van der Waals surface area contributed by atoms with Crippen molar-refractivity contribution in [2.45, 2.75) is 19.1 Å². The van der Waals surface area contributed by atoms with Crippen molar-refractivity contribution < 1.29 is 24.2 Å². The van der Waals surface area contributed by atoms with Crippen LogP contribution in [0.1, 0.15) is 38.8 Å². The Hall–Kier alpha value is -3.67. The van der Waals surface area contributed by atoms with E-state index in [2.05, 4.69) is 0 Å². The number of anilines is 1. The summed E-state index contributed by atoms with van der Waals surface area (Å²) in [6, 6.07) is 18.7. The molecule has 0 bridgehead atoms. The molecule has 3 aromatic rings. The highest BCUT2D eigenvalue weighted by Crippen LogP contribution is 2.34. The molecule has 8 heteroatoms. The Morgan fingerprint density at radius 1 is 1.06 bits per heavy atom. The Labute approximate surface area is 183 Å². The van der Waals surface area contributed by atoms with Gasteiger partial charge in [-0.3, -0.25) is 0 Å². The number of hydrogen-bond acceptors (Lipinski definition) is 8. The van der Waals surface area contributed by atoms with Gasteiger partial charge in [-0.25, -0.2) is 9.59 Å². The molecular formula is C23H20N2O5S. The number of esters is 2. The molecule has 0 radical (unpaired) electrons. The van der Waals surface area contributed by atoms with Crippen LogP contribution in [0.2, 0.25) is 0 Å². The molecule has 0 aliphatic heterocycles. The standard InChI is InChI=1S/C23H20N2O5S/c1-2-29-21(26)19-18(17(13-24)20(25)31-19)14-30-22(27)23(28,15-9-5-3-6-10-15)16-11-7-4-8-12-16/h3-12,28H,2,14,25H2,1H3. The molecule has 31 heavy (non-hydrogen) atoms. The van der Waals surface area contributed by atoms with E-state index in [0.717, 1.165) is 11.3 Å². The minimum Gasteiger partial charge on any atom is -0.462 e. The summed E-state index contributed by atoms with van der Waals surface area (Å²) in [4.78, 5) is 25.5. The fourth-order valence-corrected chi connectivity index (χ4v) is 4.03. The third-order valence-corrected chi connectivity index (χ3v) is 5.67. The molecule has 0 fully saturated rings. The number of rotatable bonds is 7. The number of aliphatic hydroxyl groups is 1. The van der Waals surface area contributed by atoms with Crippen LogP contribution in [0.25, 0.3) is 0 Å². The van der Waals surface area contributed by atoms with Crippen LogP contribution in [0.15, 0.2) is 60.7 Å². The molecule has 0 saturated carbocycles. The Kier molecular flexibility index (Phi) is 6.70. The van der Waals surface area contributed by atoms with Gasteiger partial charge >= 0.3 is 11.9 Å². The summed E-state index contributed by atoms with van der Waals surface area (Å²) in [5.41, 5.74) is 4.62. The van der Waals surface area contributed by atoms with Gasteiger partial charge in [-0.15, -0.1) is 11.3 Å². The minimum atomic E-state index is -2.08. The van der Waals surface area contributed by atoms with Crippen molar-refractivity contribution in [3.05, 3.63) is 87.8 Å². The molecular weight excluding hydrogens is 416 g/mol. The molecule has 1 heterocycles. The molecule has 0 unspecified atom stereocenters. The van der Waals surface area contributed by atoms with Gasteiger partial charge in [0.25, 0.3) is 0 Å². The van der Waals surface area contributed by atoms with Crippen molar-refractivity contribution >= 4 is 28.3 Å². The highest BCUT2D eigenvalue weighted by atomic mass is 32.1. The predicted molar refractivity (Wildman–Crippen MR) is 115 cm³/mol. The lowest BCUT2D eigenvalue weighted by atomic mass is 9.86. The van der Waals surface area contributed by atoms with Crippen LogP contribution in [0.3, 0.4) is 0 Å². The highest BCUT2D eigenvalue weighted by molar-refractivity contribution is 7.18. The number of carbonyl (C=O) groups is 2. The third kappa shape index (κ3) is 4.28. The average Bonchev–Trinajstić information content (AvgIpc) is 3.13. The summed E-state index contributed by atoms with van der Waals surface area (Å²) in [6.45, 7) is 1.37. The SMILES string of the molecule is CCOC(=O)c1sc(N)c(C#N)c1COC(=O)C(O)(c1ccccc1)c1ccccc1. The first-order chi connectivity index (χ1) is 14.9. The van der Waals surface area contributed by atoms with Gasteiger partial charge in [0.2, 0.25) is 5.60 Å². The summed E-state index contributed by atoms with van der Waals surface area (Å²) in [5, 5.41) is 21.0. The molecule has 0 aliphatic rings. The third-order valence-electron chi connectivity index (χ3n) is 4.63. The molecule has 3 N–H and O–H groups in total. The minimum absolute atomic E-state index is 0.0452. The van der Waals surface area contributed by atoms with Gasteiger partial charge in [0.05, 0.1) is 12.2 Å². The predicted octanol–water partition coefficient (Wildman–Crippen LogP) is 3.36. The average molecular weight is 436 g/mol. The Balaban J connectivity index is 1.97. The summed E-state index contributed by atoms with van der Waals surface area (Å²) in [6.07, 6.45) is 0. The Morgan fingerprint density at radius 2 is 1.61 bits per heavy atom. The van der Waals surface area contributed by atoms with E-state index < -0.39 is 24.1 Å². The molecule has 0 atom stereocenters. The van der Waals surface area contributed by atoms with Gasteiger partial charge in [-0.2, -0.15) is 5.26 Å². The zero-order chi connectivity index (χ0) is 22.4. The highest BCUT2D eigenvalue weighted by Gasteiger charge is 2.42. The maximum atomic E-state index is 13.2. The van der Waals surface area contributed by atoms with Crippen LogP contribution in [0.5, 0.6) is 0 Å². The summed E-state index contributed by atoms with van der Waals surface area (Å²) in [7, 11) is 0. The second-order valence-corrected chi connectivity index (χ2v) is 7.55. The number of nitrogens with two attached hydrogens (primary N) is 1. The van der Waals surface area contributed by atoms with Gasteiger partial charge in [0.15, 0.2) is 0 Å². The topological polar surface area (TPSA) is 123 Å². The van der Waals surface area contributed by atoms with Crippen molar-refractivity contribution in [2.75, 3.05) is 12.3 Å². The maximum absolute atomic E-state index is 13.2. The van der Waals surface area contributed by atoms with Crippen molar-refractivity contribution in [1.29, 1.82) is 5.26 Å². The van der Waals surface area contributed by atoms with E-state index >= 15 is 0 Å². The molecule has 0 amide bonds. The van der Waals surface area contributed by atoms with E-state index in [1.165, 1.54) is 0 Å². The van der Waals surface area contributed by atoms with Crippen LogP contribution in [0.4, 0.5) is 5.00 Å². The van der Waals surface area contributed by atoms with Gasteiger partial charge in [0.1, 0.15) is 22.6 Å². The van der Waals surface area contributed by atoms with Gasteiger partial charge < -0.3 is 20.3 Å². The summed E-state index contributed by atoms with van der Waals surface area (Å²) in [5.74, 6) is -1.61. The first-order valence-corrected chi connectivity index (χ1v) is 10.2. The number of thiophene rings is 1. The number of nitriles is 1. The first kappa shape index (κ1) is 22.0. The lowest BCUT2D eigenvalue weighted by molar-refractivity contribution is -0.163. The molecule has 7 nitrogen and oxygen atoms in total. The van der Waals surface area contributed by atoms with E-state index in [1.807, 2.05) is 6.07 Å². The van der Waals surface area contributed by atoms with Crippen LogP contribution >= 0.6 is 11.3 Å². The van der Waals surface area contributed by atoms with E-state index in [9.17, 15) is 20.0 Å². The lowest BCUT2D eigenvalue weighted by Gasteiger charge is -2.27. The van der Waals surface area contributed by atoms with Gasteiger partial charge in [-0.05, 0) is 18.1 Å². The first-order valence-electron chi connectivity index (χ1n) is 9.42. The van der Waals surface area contributed by atoms with Crippen molar-refractivity contribution in [1.82, 2.24) is 0 Å². The number of benzene rings is 2. The normalized spacial score (nSPS) is 10.9. The molecule has 3 rings (SSSR count). The maximum Gasteiger partial charge on any atom is 0.348 e. The monoisotopic (exact) mass is 436 g/mol. The largest absolute Gasteiger partial charge is 0.462 e. The van der Waals surface area contributed by atoms with E-state index in [-0.39, 0.29) is 27.6 Å². The fraction of sp³-hybridized carbons (Fsp3) is 0.174. The summed E-state index contributed by atoms with van der Waals surface area (Å²) >= 11 is 0.892. The van der Waals surface area contributed by atoms with Gasteiger partial charge in [0, 0.05) is 5.56 Å². The molecule has 0 spiro atoms.